The number of cyclic esters (lactones) is 1. The number of benzene rings is 2. The maximum absolute atomic E-state index is 14.6. The molecule has 0 unspecified atom stereocenters. The summed E-state index contributed by atoms with van der Waals surface area (Å²) in [4.78, 5) is 29.1. The monoisotopic (exact) mass is 699 g/mol. The van der Waals surface area contributed by atoms with Gasteiger partial charge in [-0.05, 0) is 0 Å². The van der Waals surface area contributed by atoms with E-state index in [0.717, 1.165) is 30.4 Å². The molecule has 1 aliphatic rings. The first-order chi connectivity index (χ1) is 20.5. The van der Waals surface area contributed by atoms with E-state index in [-0.39, 0.29) is 6.61 Å². The third-order valence-electron chi connectivity index (χ3n) is 8.89. The zero-order valence-corrected chi connectivity index (χ0v) is 30.0. The van der Waals surface area contributed by atoms with Crippen molar-refractivity contribution < 1.29 is 24.2 Å². The van der Waals surface area contributed by atoms with Gasteiger partial charge < -0.3 is 0 Å². The minimum absolute atomic E-state index is 0.117. The van der Waals surface area contributed by atoms with Crippen LogP contribution in [0.4, 0.5) is 4.79 Å². The second-order valence-electron chi connectivity index (χ2n) is 12.8. The van der Waals surface area contributed by atoms with Crippen LogP contribution in [0.2, 0.25) is 13.3 Å². The molecule has 0 radical (unpaired) electrons. The van der Waals surface area contributed by atoms with Crippen molar-refractivity contribution >= 4 is 30.4 Å². The number of carbonyl (C=O) groups excluding carboxylic acids is 2. The quantitative estimate of drug-likeness (QED) is 0.167. The van der Waals surface area contributed by atoms with Crippen LogP contribution in [-0.4, -0.2) is 57.7 Å². The van der Waals surface area contributed by atoms with Crippen molar-refractivity contribution in [2.24, 2.45) is 0 Å². The first kappa shape index (κ1) is 35.3. The molecule has 6 nitrogen and oxygen atoms in total. The van der Waals surface area contributed by atoms with Crippen molar-refractivity contribution in [3.05, 3.63) is 82.0 Å². The summed E-state index contributed by atoms with van der Waals surface area (Å²) in [5.74, 6) is -0.596. The number of hydrogen-bond acceptors (Lipinski definition) is 5. The second-order valence-corrected chi connectivity index (χ2v) is 25.8. The number of unbranched alkanes of at least 4 members (excludes halogenated alkanes) is 3. The van der Waals surface area contributed by atoms with Gasteiger partial charge in [-0.2, -0.15) is 0 Å². The zero-order chi connectivity index (χ0) is 31.5. The van der Waals surface area contributed by atoms with Crippen molar-refractivity contribution in [2.75, 3.05) is 0 Å². The Kier molecular flexibility index (Phi) is 13.3. The molecule has 236 valence electrons. The van der Waals surface area contributed by atoms with Gasteiger partial charge in [-0.3, -0.25) is 0 Å². The van der Waals surface area contributed by atoms with E-state index in [9.17, 15) is 14.7 Å². The fourth-order valence-electron chi connectivity index (χ4n) is 6.14. The van der Waals surface area contributed by atoms with Crippen molar-refractivity contribution in [1.82, 2.24) is 4.90 Å². The average Bonchev–Trinajstić information content (AvgIpc) is 3.26. The predicted molar refractivity (Wildman–Crippen MR) is 176 cm³/mol. The maximum atomic E-state index is 14.6. The number of carbonyl (C=O) groups is 2. The minimum atomic E-state index is -2.79. The van der Waals surface area contributed by atoms with Gasteiger partial charge in [-0.1, -0.05) is 0 Å². The fourth-order valence-corrected chi connectivity index (χ4v) is 20.5. The van der Waals surface area contributed by atoms with Crippen LogP contribution in [0.1, 0.15) is 97.2 Å². The average molecular weight is 699 g/mol. The summed E-state index contributed by atoms with van der Waals surface area (Å²) in [7, 11) is 0. The normalized spacial score (nSPS) is 18.9. The van der Waals surface area contributed by atoms with Crippen LogP contribution >= 0.6 is 0 Å². The van der Waals surface area contributed by atoms with E-state index >= 15 is 0 Å². The summed E-state index contributed by atoms with van der Waals surface area (Å²) in [6.45, 7) is 12.1. The van der Waals surface area contributed by atoms with Crippen LogP contribution in [0.15, 0.2) is 70.8 Å². The Morgan fingerprint density at radius 1 is 0.977 bits per heavy atom. The van der Waals surface area contributed by atoms with Gasteiger partial charge in [0.15, 0.2) is 0 Å². The van der Waals surface area contributed by atoms with E-state index in [0.29, 0.717) is 0 Å². The molecule has 0 aliphatic carbocycles. The fraction of sp³-hybridized carbons (Fsp3) is 0.556. The molecule has 3 rings (SSSR count). The Hall–Kier alpha value is -2.16. The Bertz CT molecular complexity index is 1160. The van der Waals surface area contributed by atoms with Gasteiger partial charge in [0.25, 0.3) is 0 Å². The van der Waals surface area contributed by atoms with Crippen LogP contribution < -0.4 is 0 Å². The van der Waals surface area contributed by atoms with Gasteiger partial charge in [0, 0.05) is 0 Å². The molecular weight excluding hydrogens is 645 g/mol. The van der Waals surface area contributed by atoms with Crippen molar-refractivity contribution in [3.63, 3.8) is 0 Å². The Morgan fingerprint density at radius 2 is 1.49 bits per heavy atom. The molecule has 3 atom stereocenters. The number of imide groups is 1. The molecule has 1 N–H and O–H groups in total. The van der Waals surface area contributed by atoms with Crippen LogP contribution in [0.3, 0.4) is 0 Å². The number of aliphatic hydroxyl groups excluding tert-OH is 1. The number of amides is 2. The van der Waals surface area contributed by atoms with Crippen molar-refractivity contribution in [3.8, 4) is 0 Å². The summed E-state index contributed by atoms with van der Waals surface area (Å²) >= 11 is -2.79. The summed E-state index contributed by atoms with van der Waals surface area (Å²) in [5.41, 5.74) is -1.00. The molecule has 43 heavy (non-hydrogen) atoms. The third-order valence-corrected chi connectivity index (χ3v) is 23.0. The number of nitrogens with zero attached hydrogens (tertiary/aromatic N) is 1. The molecule has 2 aromatic carbocycles. The Balaban J connectivity index is 2.04. The Morgan fingerprint density at radius 3 is 2.00 bits per heavy atom. The van der Waals surface area contributed by atoms with Gasteiger partial charge in [0.2, 0.25) is 0 Å². The van der Waals surface area contributed by atoms with Gasteiger partial charge in [0.1, 0.15) is 0 Å². The van der Waals surface area contributed by atoms with Crippen LogP contribution in [0.5, 0.6) is 0 Å². The molecule has 1 saturated heterocycles. The van der Waals surface area contributed by atoms with E-state index in [2.05, 4.69) is 24.9 Å². The molecular formula is C36H53NO5Sn. The van der Waals surface area contributed by atoms with E-state index in [1.54, 1.807) is 6.92 Å². The van der Waals surface area contributed by atoms with E-state index < -0.39 is 53.7 Å². The molecule has 1 fully saturated rings. The number of hydrogen-bond donors (Lipinski definition) is 1. The van der Waals surface area contributed by atoms with Gasteiger partial charge in [-0.25, -0.2) is 0 Å². The molecule has 0 saturated carbocycles. The second kappa shape index (κ2) is 16.2. The first-order valence-electron chi connectivity index (χ1n) is 16.2. The van der Waals surface area contributed by atoms with E-state index in [1.165, 1.54) is 37.5 Å². The van der Waals surface area contributed by atoms with Gasteiger partial charge in [0.05, 0.1) is 0 Å². The molecule has 2 aromatic rings. The third kappa shape index (κ3) is 8.95. The Labute approximate surface area is 263 Å². The van der Waals surface area contributed by atoms with Crippen molar-refractivity contribution in [1.29, 1.82) is 0 Å². The van der Waals surface area contributed by atoms with E-state index in [4.69, 9.17) is 9.47 Å². The summed E-state index contributed by atoms with van der Waals surface area (Å²) in [6, 6.07) is 18.4. The first-order valence-corrected chi connectivity index (χ1v) is 23.9. The van der Waals surface area contributed by atoms with Gasteiger partial charge >= 0.3 is 265 Å². The SMILES string of the molecule is CCC[CH2][Sn](/[CH]=C/[C@@H](O)[C@@](C)(OCc1ccccc1)C(=O)N1C(=O)OC(C)(C)[C@H]1c1ccccc1)([CH2]CCC)[CH2]CCC. The van der Waals surface area contributed by atoms with Crippen molar-refractivity contribution in [2.45, 2.75) is 123 Å². The van der Waals surface area contributed by atoms with Crippen LogP contribution in [0.25, 0.3) is 0 Å². The molecule has 0 aromatic heterocycles. The number of rotatable bonds is 17. The summed E-state index contributed by atoms with van der Waals surface area (Å²) in [6.07, 6.45) is 6.92. The number of ether oxygens (including phenoxy) is 2. The summed E-state index contributed by atoms with van der Waals surface area (Å²) < 4.78 is 18.2. The topological polar surface area (TPSA) is 76.1 Å². The van der Waals surface area contributed by atoms with E-state index in [1.807, 2.05) is 80.6 Å². The molecule has 1 heterocycles. The molecule has 1 aliphatic heterocycles. The summed E-state index contributed by atoms with van der Waals surface area (Å²) in [5, 5.41) is 11.9. The molecule has 2 amide bonds. The predicted octanol–water partition coefficient (Wildman–Crippen LogP) is 8.77. The molecule has 0 bridgehead atoms. The van der Waals surface area contributed by atoms with Crippen LogP contribution in [0, 0.1) is 0 Å². The number of aliphatic hydroxyl groups is 1. The molecule has 0 spiro atoms. The zero-order valence-electron chi connectivity index (χ0n) is 27.2. The molecule has 7 heteroatoms. The van der Waals surface area contributed by atoms with Gasteiger partial charge in [-0.15, -0.1) is 0 Å². The van der Waals surface area contributed by atoms with Crippen LogP contribution in [-0.2, 0) is 20.9 Å². The standard InChI is InChI=1S/C24H26NO5.3C4H9.Sn/c1-5-19(26)24(4,29-16-17-12-8-6-9-13-17)21(27)25-20(18-14-10-7-11-15-18)23(2,3)30-22(25)28;3*1-3-4-2;/h1,5-15,19-20,26H,16H2,2-4H3;3*1,3-4H2,2H3;/t19-,20-,24-;;;;/m1..../s1.